The number of benzene rings is 1. The molecule has 1 aliphatic rings. The second-order valence-electron chi connectivity index (χ2n) is 6.57. The molecule has 6 heteroatoms. The summed E-state index contributed by atoms with van der Waals surface area (Å²) in [5.41, 5.74) is 4.14. The number of rotatable bonds is 5. The van der Waals surface area contributed by atoms with Gasteiger partial charge in [-0.15, -0.1) is 5.10 Å². The lowest BCUT2D eigenvalue weighted by atomic mass is 10.1. The maximum atomic E-state index is 12.2. The molecule has 3 rings (SSSR count). The Bertz CT molecular complexity index is 683. The summed E-state index contributed by atoms with van der Waals surface area (Å²) < 4.78 is 1.83. The summed E-state index contributed by atoms with van der Waals surface area (Å²) in [6, 6.07) is 6.82. The Kier molecular flexibility index (Phi) is 5.25. The molecule has 1 saturated heterocycles. The summed E-state index contributed by atoms with van der Waals surface area (Å²) in [4.78, 5) is 12.2. The Balaban J connectivity index is 1.52. The van der Waals surface area contributed by atoms with Gasteiger partial charge in [-0.1, -0.05) is 34.5 Å². The monoisotopic (exact) mass is 327 g/mol. The van der Waals surface area contributed by atoms with E-state index < -0.39 is 0 Å². The number of aromatic nitrogens is 3. The Labute approximate surface area is 142 Å². The zero-order valence-corrected chi connectivity index (χ0v) is 14.4. The summed E-state index contributed by atoms with van der Waals surface area (Å²) in [7, 11) is 0. The molecule has 0 radical (unpaired) electrons. The van der Waals surface area contributed by atoms with Gasteiger partial charge in [-0.05, 0) is 51.8 Å². The van der Waals surface area contributed by atoms with Gasteiger partial charge in [0.1, 0.15) is 0 Å². The van der Waals surface area contributed by atoms with Crippen molar-refractivity contribution in [3.63, 3.8) is 0 Å². The van der Waals surface area contributed by atoms with Gasteiger partial charge in [0.05, 0.1) is 12.2 Å². The highest BCUT2D eigenvalue weighted by atomic mass is 16.2. The quantitative estimate of drug-likeness (QED) is 0.878. The number of hydrogen-bond acceptors (Lipinski definition) is 4. The fourth-order valence-electron chi connectivity index (χ4n) is 3.25. The zero-order chi connectivity index (χ0) is 16.9. The van der Waals surface area contributed by atoms with Crippen molar-refractivity contribution in [3.8, 4) is 0 Å². The summed E-state index contributed by atoms with van der Waals surface area (Å²) in [6.07, 6.45) is 4.63. The second-order valence-corrected chi connectivity index (χ2v) is 6.57. The first-order valence-corrected chi connectivity index (χ1v) is 8.60. The molecule has 1 aliphatic heterocycles. The summed E-state index contributed by atoms with van der Waals surface area (Å²) in [5, 5.41) is 14.4. The van der Waals surface area contributed by atoms with E-state index in [0.29, 0.717) is 18.3 Å². The van der Waals surface area contributed by atoms with E-state index in [1.807, 2.05) is 4.68 Å². The van der Waals surface area contributed by atoms with E-state index in [9.17, 15) is 4.79 Å². The van der Waals surface area contributed by atoms with Crippen molar-refractivity contribution in [2.75, 3.05) is 19.6 Å². The van der Waals surface area contributed by atoms with Gasteiger partial charge in [-0.25, -0.2) is 4.68 Å². The molecule has 1 fully saturated rings. The van der Waals surface area contributed by atoms with Gasteiger partial charge < -0.3 is 10.6 Å². The first-order chi connectivity index (χ1) is 11.6. The standard InChI is InChI=1S/C18H25N5O/c1-13-9-14(2)11-15(10-13)3-8-20-18(24)17-12-23(22-21-17)16-4-6-19-7-5-16/h9-12,16,19H,3-8H2,1-2H3,(H,20,24). The fourth-order valence-corrected chi connectivity index (χ4v) is 3.25. The highest BCUT2D eigenvalue weighted by Crippen LogP contribution is 2.17. The lowest BCUT2D eigenvalue weighted by Gasteiger charge is -2.22. The molecular weight excluding hydrogens is 302 g/mol. The van der Waals surface area contributed by atoms with Crippen LogP contribution in [0, 0.1) is 13.8 Å². The molecule has 1 aromatic heterocycles. The van der Waals surface area contributed by atoms with Crippen LogP contribution in [-0.2, 0) is 6.42 Å². The molecular formula is C18H25N5O. The van der Waals surface area contributed by atoms with Gasteiger partial charge in [0.25, 0.3) is 5.91 Å². The van der Waals surface area contributed by atoms with Gasteiger partial charge in [0.2, 0.25) is 0 Å². The number of hydrogen-bond donors (Lipinski definition) is 2. The molecule has 0 bridgehead atoms. The van der Waals surface area contributed by atoms with E-state index in [2.05, 4.69) is 53.0 Å². The number of amides is 1. The third kappa shape index (κ3) is 4.20. The van der Waals surface area contributed by atoms with Crippen LogP contribution in [-0.4, -0.2) is 40.5 Å². The topological polar surface area (TPSA) is 71.8 Å². The second kappa shape index (κ2) is 7.57. The maximum Gasteiger partial charge on any atom is 0.273 e. The zero-order valence-electron chi connectivity index (χ0n) is 14.4. The van der Waals surface area contributed by atoms with Crippen molar-refractivity contribution in [2.24, 2.45) is 0 Å². The van der Waals surface area contributed by atoms with Crippen molar-refractivity contribution in [2.45, 2.75) is 39.2 Å². The molecule has 2 N–H and O–H groups in total. The Hall–Kier alpha value is -2.21. The van der Waals surface area contributed by atoms with Gasteiger partial charge >= 0.3 is 0 Å². The first-order valence-electron chi connectivity index (χ1n) is 8.60. The third-order valence-electron chi connectivity index (χ3n) is 4.41. The summed E-state index contributed by atoms with van der Waals surface area (Å²) >= 11 is 0. The smallest absolute Gasteiger partial charge is 0.273 e. The minimum atomic E-state index is -0.153. The van der Waals surface area contributed by atoms with Crippen LogP contribution in [0.2, 0.25) is 0 Å². The molecule has 0 saturated carbocycles. The number of carbonyl (C=O) groups is 1. The van der Waals surface area contributed by atoms with Gasteiger partial charge in [-0.2, -0.15) is 0 Å². The van der Waals surface area contributed by atoms with Crippen LogP contribution in [0.25, 0.3) is 0 Å². The van der Waals surface area contributed by atoms with Crippen LogP contribution in [0.4, 0.5) is 0 Å². The van der Waals surface area contributed by atoms with E-state index in [4.69, 9.17) is 0 Å². The van der Waals surface area contributed by atoms with Crippen molar-refractivity contribution in [1.29, 1.82) is 0 Å². The van der Waals surface area contributed by atoms with Crippen LogP contribution in [0.15, 0.2) is 24.4 Å². The average Bonchev–Trinajstić information content (AvgIpc) is 3.05. The molecule has 0 atom stereocenters. The molecule has 0 spiro atoms. The van der Waals surface area contributed by atoms with Crippen LogP contribution in [0.1, 0.15) is 46.1 Å². The molecule has 0 unspecified atom stereocenters. The predicted molar refractivity (Wildman–Crippen MR) is 93.1 cm³/mol. The number of carbonyl (C=O) groups excluding carboxylic acids is 1. The largest absolute Gasteiger partial charge is 0.350 e. The van der Waals surface area contributed by atoms with Crippen molar-refractivity contribution in [3.05, 3.63) is 46.8 Å². The molecule has 2 aromatic rings. The van der Waals surface area contributed by atoms with Crippen molar-refractivity contribution >= 4 is 5.91 Å². The minimum Gasteiger partial charge on any atom is -0.350 e. The maximum absolute atomic E-state index is 12.2. The number of piperidine rings is 1. The van der Waals surface area contributed by atoms with E-state index >= 15 is 0 Å². The Morgan fingerprint density at radius 2 is 1.96 bits per heavy atom. The first kappa shape index (κ1) is 16.6. The van der Waals surface area contributed by atoms with Crippen molar-refractivity contribution in [1.82, 2.24) is 25.6 Å². The van der Waals surface area contributed by atoms with E-state index in [1.54, 1.807) is 6.20 Å². The highest BCUT2D eigenvalue weighted by Gasteiger charge is 2.18. The minimum absolute atomic E-state index is 0.153. The summed E-state index contributed by atoms with van der Waals surface area (Å²) in [5.74, 6) is -0.153. The van der Waals surface area contributed by atoms with Crippen LogP contribution in [0.3, 0.4) is 0 Å². The normalized spacial score (nSPS) is 15.4. The fraction of sp³-hybridized carbons (Fsp3) is 0.500. The molecule has 2 heterocycles. The molecule has 0 aliphatic carbocycles. The van der Waals surface area contributed by atoms with Crippen LogP contribution in [0.5, 0.6) is 0 Å². The molecule has 1 amide bonds. The number of nitrogens with zero attached hydrogens (tertiary/aromatic N) is 3. The lowest BCUT2D eigenvalue weighted by Crippen LogP contribution is -2.29. The summed E-state index contributed by atoms with van der Waals surface area (Å²) in [6.45, 7) is 6.76. The van der Waals surface area contributed by atoms with Crippen molar-refractivity contribution < 1.29 is 4.79 Å². The van der Waals surface area contributed by atoms with Crippen LogP contribution >= 0.6 is 0 Å². The Morgan fingerprint density at radius 1 is 1.25 bits per heavy atom. The molecule has 24 heavy (non-hydrogen) atoms. The van der Waals surface area contributed by atoms with Crippen LogP contribution < -0.4 is 10.6 Å². The van der Waals surface area contributed by atoms with E-state index in [-0.39, 0.29) is 5.91 Å². The molecule has 1 aromatic carbocycles. The van der Waals surface area contributed by atoms with Gasteiger partial charge in [-0.3, -0.25) is 4.79 Å². The predicted octanol–water partition coefficient (Wildman–Crippen LogP) is 1.79. The molecule has 128 valence electrons. The number of nitrogens with one attached hydrogen (secondary N) is 2. The van der Waals surface area contributed by atoms with E-state index in [0.717, 1.165) is 32.4 Å². The SMILES string of the molecule is Cc1cc(C)cc(CCNC(=O)c2cn(C3CCNCC3)nn2)c1. The lowest BCUT2D eigenvalue weighted by molar-refractivity contribution is 0.0949. The molecule has 6 nitrogen and oxygen atoms in total. The average molecular weight is 327 g/mol. The van der Waals surface area contributed by atoms with Gasteiger partial charge in [0.15, 0.2) is 5.69 Å². The highest BCUT2D eigenvalue weighted by molar-refractivity contribution is 5.91. The number of aryl methyl sites for hydroxylation is 2. The third-order valence-corrected chi connectivity index (χ3v) is 4.41. The van der Waals surface area contributed by atoms with E-state index in [1.165, 1.54) is 16.7 Å². The van der Waals surface area contributed by atoms with Gasteiger partial charge in [0, 0.05) is 6.54 Å². The Morgan fingerprint density at radius 3 is 2.67 bits per heavy atom.